The number of halogens is 3. The summed E-state index contributed by atoms with van der Waals surface area (Å²) in [6.45, 7) is 3.45. The number of hydrogen-bond acceptors (Lipinski definition) is 2. The van der Waals surface area contributed by atoms with Gasteiger partial charge in [0.1, 0.15) is 11.5 Å². The van der Waals surface area contributed by atoms with Crippen molar-refractivity contribution in [2.24, 2.45) is 0 Å². The van der Waals surface area contributed by atoms with Gasteiger partial charge in [-0.25, -0.2) is 0 Å². The average molecular weight is 427 g/mol. The van der Waals surface area contributed by atoms with Crippen LogP contribution in [0.5, 0.6) is 0 Å². The molecule has 0 radical (unpaired) electrons. The Kier molecular flexibility index (Phi) is 6.93. The maximum absolute atomic E-state index is 6.15. The number of rotatable bonds is 5. The average Bonchev–Trinajstić information content (AvgIpc) is 3.01. The maximum Gasteiger partial charge on any atom is 0.134 e. The monoisotopic (exact) mass is 425 g/mol. The van der Waals surface area contributed by atoms with Gasteiger partial charge in [0.2, 0.25) is 0 Å². The fourth-order valence-electron chi connectivity index (χ4n) is 2.39. The van der Waals surface area contributed by atoms with Crippen LogP contribution in [-0.2, 0) is 13.1 Å². The Morgan fingerprint density at radius 3 is 2.58 bits per heavy atom. The van der Waals surface area contributed by atoms with Gasteiger partial charge in [-0.05, 0) is 48.4 Å². The van der Waals surface area contributed by atoms with Gasteiger partial charge in [-0.2, -0.15) is 0 Å². The SMILES string of the molecule is Cc1cc(-c2ccc(CNCc3ccccc3Cl)o2)ccc1Br.Cl. The van der Waals surface area contributed by atoms with Gasteiger partial charge in [-0.1, -0.05) is 51.8 Å². The molecule has 0 amide bonds. The Balaban J connectivity index is 0.00000208. The van der Waals surface area contributed by atoms with Crippen LogP contribution in [0.4, 0.5) is 0 Å². The van der Waals surface area contributed by atoms with Crippen molar-refractivity contribution in [2.75, 3.05) is 0 Å². The van der Waals surface area contributed by atoms with Crippen LogP contribution in [0.2, 0.25) is 5.02 Å². The van der Waals surface area contributed by atoms with E-state index in [4.69, 9.17) is 16.0 Å². The van der Waals surface area contributed by atoms with Crippen LogP contribution in [0.15, 0.2) is 63.5 Å². The Bertz CT molecular complexity index is 817. The molecular formula is C19H18BrCl2NO. The molecule has 3 rings (SSSR count). The highest BCUT2D eigenvalue weighted by atomic mass is 79.9. The summed E-state index contributed by atoms with van der Waals surface area (Å²) in [6, 6.07) is 18.1. The van der Waals surface area contributed by atoms with Crippen LogP contribution >= 0.6 is 39.9 Å². The van der Waals surface area contributed by atoms with E-state index in [1.807, 2.05) is 42.5 Å². The third kappa shape index (κ3) is 4.64. The second-order valence-corrected chi connectivity index (χ2v) is 6.69. The second kappa shape index (κ2) is 8.72. The minimum absolute atomic E-state index is 0. The minimum atomic E-state index is 0. The predicted octanol–water partition coefficient (Wildman–Crippen LogP) is 6.38. The molecule has 2 nitrogen and oxygen atoms in total. The topological polar surface area (TPSA) is 25.2 Å². The van der Waals surface area contributed by atoms with Gasteiger partial charge in [0, 0.05) is 21.6 Å². The lowest BCUT2D eigenvalue weighted by atomic mass is 10.1. The summed E-state index contributed by atoms with van der Waals surface area (Å²) in [7, 11) is 0. The molecule has 0 saturated carbocycles. The van der Waals surface area contributed by atoms with Crippen molar-refractivity contribution in [1.82, 2.24) is 5.32 Å². The molecule has 2 aromatic carbocycles. The third-order valence-corrected chi connectivity index (χ3v) is 4.94. The Hall–Kier alpha value is -1.26. The fourth-order valence-corrected chi connectivity index (χ4v) is 2.84. The second-order valence-electron chi connectivity index (χ2n) is 5.42. The lowest BCUT2D eigenvalue weighted by molar-refractivity contribution is 0.493. The zero-order chi connectivity index (χ0) is 16.2. The van der Waals surface area contributed by atoms with E-state index >= 15 is 0 Å². The van der Waals surface area contributed by atoms with Crippen molar-refractivity contribution in [1.29, 1.82) is 0 Å². The molecule has 1 heterocycles. The summed E-state index contributed by atoms with van der Waals surface area (Å²) in [5.41, 5.74) is 3.37. The molecule has 3 aromatic rings. The number of benzene rings is 2. The van der Waals surface area contributed by atoms with Crippen molar-refractivity contribution < 1.29 is 4.42 Å². The van der Waals surface area contributed by atoms with E-state index in [0.717, 1.165) is 32.1 Å². The Labute approximate surface area is 161 Å². The molecule has 0 atom stereocenters. The first kappa shape index (κ1) is 19.1. The Morgan fingerprint density at radius 2 is 1.83 bits per heavy atom. The number of hydrogen-bond donors (Lipinski definition) is 1. The summed E-state index contributed by atoms with van der Waals surface area (Å²) in [5.74, 6) is 1.79. The van der Waals surface area contributed by atoms with Crippen LogP contribution < -0.4 is 5.32 Å². The summed E-state index contributed by atoms with van der Waals surface area (Å²) in [5, 5.41) is 4.14. The van der Waals surface area contributed by atoms with Gasteiger partial charge in [-0.15, -0.1) is 12.4 Å². The molecule has 24 heavy (non-hydrogen) atoms. The first-order chi connectivity index (χ1) is 11.1. The lowest BCUT2D eigenvalue weighted by Gasteiger charge is -2.05. The molecule has 0 bridgehead atoms. The highest BCUT2D eigenvalue weighted by Gasteiger charge is 2.06. The van der Waals surface area contributed by atoms with Crippen molar-refractivity contribution in [3.63, 3.8) is 0 Å². The van der Waals surface area contributed by atoms with Crippen LogP contribution in [0, 0.1) is 6.92 Å². The van der Waals surface area contributed by atoms with Crippen molar-refractivity contribution in [3.05, 3.63) is 81.0 Å². The van der Waals surface area contributed by atoms with Gasteiger partial charge in [0.25, 0.3) is 0 Å². The van der Waals surface area contributed by atoms with E-state index in [1.165, 1.54) is 5.56 Å². The van der Waals surface area contributed by atoms with E-state index in [9.17, 15) is 0 Å². The molecule has 0 saturated heterocycles. The van der Waals surface area contributed by atoms with E-state index in [-0.39, 0.29) is 12.4 Å². The number of furan rings is 1. The quantitative estimate of drug-likeness (QED) is 0.511. The van der Waals surface area contributed by atoms with Crippen LogP contribution in [0.1, 0.15) is 16.9 Å². The summed E-state index contributed by atoms with van der Waals surface area (Å²) in [6.07, 6.45) is 0. The van der Waals surface area contributed by atoms with Crippen molar-refractivity contribution in [2.45, 2.75) is 20.0 Å². The van der Waals surface area contributed by atoms with E-state index in [0.29, 0.717) is 13.1 Å². The van der Waals surface area contributed by atoms with Crippen molar-refractivity contribution in [3.8, 4) is 11.3 Å². The summed E-state index contributed by atoms with van der Waals surface area (Å²) >= 11 is 9.67. The largest absolute Gasteiger partial charge is 0.460 e. The van der Waals surface area contributed by atoms with Gasteiger partial charge < -0.3 is 9.73 Å². The first-order valence-corrected chi connectivity index (χ1v) is 8.60. The smallest absolute Gasteiger partial charge is 0.134 e. The highest BCUT2D eigenvalue weighted by Crippen LogP contribution is 2.26. The normalized spacial score (nSPS) is 10.5. The molecule has 0 aliphatic heterocycles. The molecule has 0 fully saturated rings. The minimum Gasteiger partial charge on any atom is -0.460 e. The summed E-state index contributed by atoms with van der Waals surface area (Å²) in [4.78, 5) is 0. The van der Waals surface area contributed by atoms with Crippen LogP contribution in [0.3, 0.4) is 0 Å². The zero-order valence-corrected chi connectivity index (χ0v) is 16.3. The fraction of sp³-hybridized carbons (Fsp3) is 0.158. The van der Waals surface area contributed by atoms with Crippen molar-refractivity contribution >= 4 is 39.9 Å². The molecule has 1 N–H and O–H groups in total. The maximum atomic E-state index is 6.15. The van der Waals surface area contributed by atoms with Crippen LogP contribution in [-0.4, -0.2) is 0 Å². The van der Waals surface area contributed by atoms with Gasteiger partial charge >= 0.3 is 0 Å². The van der Waals surface area contributed by atoms with Gasteiger partial charge in [-0.3, -0.25) is 0 Å². The molecule has 1 aromatic heterocycles. The molecule has 0 unspecified atom stereocenters. The number of nitrogens with one attached hydrogen (secondary N) is 1. The lowest BCUT2D eigenvalue weighted by Crippen LogP contribution is -2.12. The molecule has 0 spiro atoms. The molecule has 0 aliphatic carbocycles. The molecule has 0 aliphatic rings. The van der Waals surface area contributed by atoms with Gasteiger partial charge in [0.05, 0.1) is 6.54 Å². The van der Waals surface area contributed by atoms with Crippen LogP contribution in [0.25, 0.3) is 11.3 Å². The standard InChI is InChI=1S/C19H17BrClNO.ClH/c1-13-10-14(6-8-17(13)20)19-9-7-16(23-19)12-22-11-15-4-2-3-5-18(15)21;/h2-10,22H,11-12H2,1H3;1H. The first-order valence-electron chi connectivity index (χ1n) is 7.43. The van der Waals surface area contributed by atoms with E-state index in [1.54, 1.807) is 0 Å². The highest BCUT2D eigenvalue weighted by molar-refractivity contribution is 9.10. The molecule has 5 heteroatoms. The van der Waals surface area contributed by atoms with E-state index in [2.05, 4.69) is 40.3 Å². The molecule has 126 valence electrons. The number of aryl methyl sites for hydroxylation is 1. The molecular weight excluding hydrogens is 409 g/mol. The summed E-state index contributed by atoms with van der Waals surface area (Å²) < 4.78 is 7.03. The van der Waals surface area contributed by atoms with E-state index < -0.39 is 0 Å². The Morgan fingerprint density at radius 1 is 1.04 bits per heavy atom. The third-order valence-electron chi connectivity index (χ3n) is 3.68. The predicted molar refractivity (Wildman–Crippen MR) is 106 cm³/mol. The zero-order valence-electron chi connectivity index (χ0n) is 13.2. The van der Waals surface area contributed by atoms with Gasteiger partial charge in [0.15, 0.2) is 0 Å².